The zero-order valence-corrected chi connectivity index (χ0v) is 10.7. The van der Waals surface area contributed by atoms with Gasteiger partial charge in [0.15, 0.2) is 0 Å². The molecule has 19 heavy (non-hydrogen) atoms. The normalized spacial score (nSPS) is 19.5. The van der Waals surface area contributed by atoms with Crippen molar-refractivity contribution in [2.24, 2.45) is 0 Å². The van der Waals surface area contributed by atoms with Gasteiger partial charge < -0.3 is 10.2 Å². The highest BCUT2D eigenvalue weighted by Gasteiger charge is 2.36. The maximum atomic E-state index is 10.0. The summed E-state index contributed by atoms with van der Waals surface area (Å²) in [6.07, 6.45) is -0.330. The lowest BCUT2D eigenvalue weighted by molar-refractivity contribution is -0.134. The quantitative estimate of drug-likeness (QED) is 0.824. The lowest BCUT2D eigenvalue weighted by atomic mass is 9.71. The topological polar surface area (TPSA) is 57.5 Å². The molecule has 3 nitrogen and oxygen atoms in total. The van der Waals surface area contributed by atoms with Crippen LogP contribution in [0.5, 0.6) is 0 Å². The molecule has 3 heteroatoms. The molecular formula is C16H16O3. The molecular weight excluding hydrogens is 240 g/mol. The second-order valence-electron chi connectivity index (χ2n) is 4.48. The second-order valence-corrected chi connectivity index (χ2v) is 4.48. The van der Waals surface area contributed by atoms with E-state index in [1.807, 2.05) is 36.4 Å². The Balaban J connectivity index is 0.000000297. The molecule has 0 aliphatic heterocycles. The van der Waals surface area contributed by atoms with Crippen molar-refractivity contribution in [2.75, 3.05) is 0 Å². The molecule has 2 N–H and O–H groups in total. The molecule has 0 saturated carbocycles. The lowest BCUT2D eigenvalue weighted by Crippen LogP contribution is -2.24. The van der Waals surface area contributed by atoms with Crippen LogP contribution in [0.25, 0.3) is 0 Å². The Bertz CT molecular complexity index is 559. The maximum absolute atomic E-state index is 10.0. The average molecular weight is 256 g/mol. The number of carboxylic acids is 1. The number of hydrogen-bond donors (Lipinski definition) is 2. The first-order valence-electron chi connectivity index (χ1n) is 6.12. The van der Waals surface area contributed by atoms with E-state index in [0.29, 0.717) is 0 Å². The van der Waals surface area contributed by atoms with Gasteiger partial charge in [0.1, 0.15) is 0 Å². The number of aliphatic hydroxyl groups excluding tert-OH is 1. The van der Waals surface area contributed by atoms with Crippen molar-refractivity contribution in [1.82, 2.24) is 0 Å². The standard InChI is InChI=1S/C14H12O.C2H4O2/c15-14-12-9-5-4-8-11(12)13(14)10-6-2-1-3-7-10;1-2(3)4/h1-9,13-15H;1H3,(H,3,4)/t13-,14-;/m1./s1. The van der Waals surface area contributed by atoms with Crippen LogP contribution in [0.15, 0.2) is 54.6 Å². The number of rotatable bonds is 1. The fourth-order valence-corrected chi connectivity index (χ4v) is 2.34. The molecule has 0 unspecified atom stereocenters. The highest BCUT2D eigenvalue weighted by atomic mass is 16.4. The minimum atomic E-state index is -0.833. The van der Waals surface area contributed by atoms with Crippen LogP contribution in [-0.4, -0.2) is 16.2 Å². The number of aliphatic carboxylic acids is 1. The summed E-state index contributed by atoms with van der Waals surface area (Å²) in [6.45, 7) is 1.08. The van der Waals surface area contributed by atoms with Crippen LogP contribution in [0.3, 0.4) is 0 Å². The third-order valence-electron chi connectivity index (χ3n) is 3.12. The van der Waals surface area contributed by atoms with E-state index in [1.165, 1.54) is 11.1 Å². The van der Waals surface area contributed by atoms with Crippen molar-refractivity contribution < 1.29 is 15.0 Å². The predicted octanol–water partition coefficient (Wildman–Crippen LogP) is 2.96. The molecule has 2 aromatic rings. The number of carboxylic acid groups (broad SMARTS) is 1. The van der Waals surface area contributed by atoms with Crippen molar-refractivity contribution in [3.63, 3.8) is 0 Å². The van der Waals surface area contributed by atoms with Crippen LogP contribution >= 0.6 is 0 Å². The minimum Gasteiger partial charge on any atom is -0.481 e. The average Bonchev–Trinajstić information content (AvgIpc) is 2.39. The molecule has 0 fully saturated rings. The van der Waals surface area contributed by atoms with Gasteiger partial charge >= 0.3 is 0 Å². The summed E-state index contributed by atoms with van der Waals surface area (Å²) in [4.78, 5) is 9.00. The van der Waals surface area contributed by atoms with Gasteiger partial charge in [0.05, 0.1) is 6.10 Å². The Kier molecular flexibility index (Phi) is 3.97. The summed E-state index contributed by atoms with van der Waals surface area (Å²) in [5.41, 5.74) is 3.53. The monoisotopic (exact) mass is 256 g/mol. The first-order chi connectivity index (χ1) is 9.11. The third kappa shape index (κ3) is 2.83. The van der Waals surface area contributed by atoms with E-state index in [2.05, 4.69) is 18.2 Å². The summed E-state index contributed by atoms with van der Waals surface area (Å²) in [5.74, 6) is -0.664. The molecule has 0 spiro atoms. The molecule has 1 aliphatic rings. The van der Waals surface area contributed by atoms with Crippen LogP contribution < -0.4 is 0 Å². The Morgan fingerprint density at radius 1 is 0.947 bits per heavy atom. The van der Waals surface area contributed by atoms with Gasteiger partial charge in [0.25, 0.3) is 5.97 Å². The van der Waals surface area contributed by atoms with Gasteiger partial charge in [-0.1, -0.05) is 54.6 Å². The Morgan fingerprint density at radius 2 is 1.42 bits per heavy atom. The zero-order chi connectivity index (χ0) is 13.8. The van der Waals surface area contributed by atoms with Gasteiger partial charge in [-0.15, -0.1) is 0 Å². The van der Waals surface area contributed by atoms with Gasteiger partial charge in [-0.2, -0.15) is 0 Å². The fraction of sp³-hybridized carbons (Fsp3) is 0.188. The minimum absolute atomic E-state index is 0.169. The number of aliphatic hydroxyl groups is 1. The highest BCUT2D eigenvalue weighted by molar-refractivity contribution is 5.62. The molecule has 1 aliphatic carbocycles. The van der Waals surface area contributed by atoms with Crippen molar-refractivity contribution >= 4 is 5.97 Å². The molecule has 0 radical (unpaired) electrons. The van der Waals surface area contributed by atoms with E-state index in [1.54, 1.807) is 0 Å². The summed E-state index contributed by atoms with van der Waals surface area (Å²) in [6, 6.07) is 18.3. The SMILES string of the molecule is CC(=O)O.O[C@@H]1c2ccccc2[C@H]1c1ccccc1. The second kappa shape index (κ2) is 5.67. The molecule has 2 atom stereocenters. The van der Waals surface area contributed by atoms with E-state index >= 15 is 0 Å². The van der Waals surface area contributed by atoms with E-state index in [9.17, 15) is 5.11 Å². The van der Waals surface area contributed by atoms with Crippen LogP contribution in [0, 0.1) is 0 Å². The van der Waals surface area contributed by atoms with E-state index in [-0.39, 0.29) is 12.0 Å². The molecule has 0 heterocycles. The summed E-state index contributed by atoms with van der Waals surface area (Å²) in [7, 11) is 0. The lowest BCUT2D eigenvalue weighted by Gasteiger charge is -2.36. The maximum Gasteiger partial charge on any atom is 0.300 e. The molecule has 3 rings (SSSR count). The van der Waals surface area contributed by atoms with Crippen LogP contribution in [-0.2, 0) is 4.79 Å². The largest absolute Gasteiger partial charge is 0.481 e. The third-order valence-corrected chi connectivity index (χ3v) is 3.12. The predicted molar refractivity (Wildman–Crippen MR) is 73.0 cm³/mol. The smallest absolute Gasteiger partial charge is 0.300 e. The fourth-order valence-electron chi connectivity index (χ4n) is 2.34. The van der Waals surface area contributed by atoms with E-state index in [0.717, 1.165) is 12.5 Å². The van der Waals surface area contributed by atoms with E-state index in [4.69, 9.17) is 9.90 Å². The first-order valence-corrected chi connectivity index (χ1v) is 6.12. The highest BCUT2D eigenvalue weighted by Crippen LogP contribution is 2.48. The first kappa shape index (κ1) is 13.3. The van der Waals surface area contributed by atoms with Gasteiger partial charge in [-0.25, -0.2) is 0 Å². The molecule has 0 bridgehead atoms. The summed E-state index contributed by atoms with van der Waals surface area (Å²) < 4.78 is 0. The van der Waals surface area contributed by atoms with Gasteiger partial charge in [0, 0.05) is 12.8 Å². The summed E-state index contributed by atoms with van der Waals surface area (Å²) in [5, 5.41) is 17.4. The Labute approximate surface area is 112 Å². The molecule has 2 aromatic carbocycles. The molecule has 0 amide bonds. The van der Waals surface area contributed by atoms with Crippen molar-refractivity contribution in [1.29, 1.82) is 0 Å². The van der Waals surface area contributed by atoms with E-state index < -0.39 is 5.97 Å². The Morgan fingerprint density at radius 3 is 2.00 bits per heavy atom. The number of carbonyl (C=O) groups is 1. The zero-order valence-electron chi connectivity index (χ0n) is 10.7. The number of fused-ring (bicyclic) bond motifs is 1. The van der Waals surface area contributed by atoms with Crippen molar-refractivity contribution in [3.8, 4) is 0 Å². The van der Waals surface area contributed by atoms with Crippen molar-refractivity contribution in [2.45, 2.75) is 18.9 Å². The molecule has 0 saturated heterocycles. The van der Waals surface area contributed by atoms with Crippen LogP contribution in [0.2, 0.25) is 0 Å². The number of benzene rings is 2. The van der Waals surface area contributed by atoms with Crippen molar-refractivity contribution in [3.05, 3.63) is 71.3 Å². The van der Waals surface area contributed by atoms with Gasteiger partial charge in [-0.3, -0.25) is 4.79 Å². The van der Waals surface area contributed by atoms with Gasteiger partial charge in [-0.05, 0) is 16.7 Å². The van der Waals surface area contributed by atoms with Gasteiger partial charge in [0.2, 0.25) is 0 Å². The molecule has 98 valence electrons. The summed E-state index contributed by atoms with van der Waals surface area (Å²) >= 11 is 0. The van der Waals surface area contributed by atoms with Crippen LogP contribution in [0.4, 0.5) is 0 Å². The number of hydrogen-bond acceptors (Lipinski definition) is 2. The van der Waals surface area contributed by atoms with Crippen LogP contribution in [0.1, 0.15) is 35.6 Å². The molecule has 0 aromatic heterocycles. The Hall–Kier alpha value is -2.13.